The van der Waals surface area contributed by atoms with Crippen molar-refractivity contribution >= 4 is 33.3 Å². The topological polar surface area (TPSA) is 199 Å². The Morgan fingerprint density at radius 1 is 0.457 bits per heavy atom. The van der Waals surface area contributed by atoms with E-state index >= 15 is 0 Å². The molecule has 6 aromatic rings. The van der Waals surface area contributed by atoms with Crippen LogP contribution in [0.25, 0.3) is 0 Å². The fraction of sp³-hybridized carbons (Fsp3) is 0.568. The predicted octanol–water partition coefficient (Wildman–Crippen LogP) is 18.2. The van der Waals surface area contributed by atoms with Gasteiger partial charge in [0.2, 0.25) is 5.88 Å². The Kier molecular flexibility index (Phi) is 56.7. The molecule has 0 aromatic carbocycles. The number of rotatable bonds is 11. The molecule has 0 fully saturated rings. The number of aryl methyl sites for hydroxylation is 3. The average molecular weight is 1300 g/mol. The van der Waals surface area contributed by atoms with Crippen molar-refractivity contribution in [1.29, 1.82) is 0 Å². The number of amides is 3. The molecule has 0 saturated heterocycles. The van der Waals surface area contributed by atoms with E-state index in [1.807, 2.05) is 154 Å². The van der Waals surface area contributed by atoms with Crippen molar-refractivity contribution in [3.05, 3.63) is 164 Å². The van der Waals surface area contributed by atoms with Crippen molar-refractivity contribution in [3.63, 3.8) is 0 Å². The number of aromatic nitrogens is 7. The molecule has 18 heteroatoms. The highest BCUT2D eigenvalue weighted by atomic mass is 32.2. The van der Waals surface area contributed by atoms with E-state index < -0.39 is 9.73 Å². The minimum absolute atomic E-state index is 0.0553. The quantitative estimate of drug-likeness (QED) is 0.119. The molecule has 0 radical (unpaired) electrons. The monoisotopic (exact) mass is 1300 g/mol. The molecule has 0 bridgehead atoms. The zero-order valence-corrected chi connectivity index (χ0v) is 65.2. The van der Waals surface area contributed by atoms with Crippen LogP contribution in [0.4, 0.5) is 5.82 Å². The molecule has 0 aliphatic carbocycles. The van der Waals surface area contributed by atoms with E-state index in [1.54, 1.807) is 98.8 Å². The number of nitrogens with zero attached hydrogens (tertiary/aromatic N) is 11. The zero-order chi connectivity index (χ0) is 73.4. The van der Waals surface area contributed by atoms with Crippen molar-refractivity contribution in [1.82, 2.24) is 49.2 Å². The second-order valence-corrected chi connectivity index (χ2v) is 24.5. The molecule has 0 N–H and O–H groups in total. The summed E-state index contributed by atoms with van der Waals surface area (Å²) in [6, 6.07) is 15.2. The summed E-state index contributed by atoms with van der Waals surface area (Å²) in [5.41, 5.74) is 8.95. The van der Waals surface area contributed by atoms with Crippen LogP contribution in [0.1, 0.15) is 278 Å². The van der Waals surface area contributed by atoms with Gasteiger partial charge in [0.25, 0.3) is 23.3 Å². The number of hydrogen-bond acceptors (Lipinski definition) is 13. The Morgan fingerprint density at radius 2 is 0.804 bits per heavy atom. The van der Waals surface area contributed by atoms with E-state index in [1.165, 1.54) is 43.1 Å². The van der Waals surface area contributed by atoms with Crippen LogP contribution in [-0.4, -0.2) is 133 Å². The number of methoxy groups -OCH3 is 1. The molecular weight excluding hydrogens is 1170 g/mol. The fourth-order valence-electron chi connectivity index (χ4n) is 6.43. The van der Waals surface area contributed by atoms with Gasteiger partial charge in [-0.2, -0.15) is 4.36 Å². The maximum Gasteiger partial charge on any atom is 0.271 e. The van der Waals surface area contributed by atoms with Gasteiger partial charge in [-0.1, -0.05) is 184 Å². The first-order valence-corrected chi connectivity index (χ1v) is 35.1. The summed E-state index contributed by atoms with van der Waals surface area (Å²) in [7, 11) is 11.2. The van der Waals surface area contributed by atoms with Gasteiger partial charge in [-0.05, 0) is 113 Å². The summed E-state index contributed by atoms with van der Waals surface area (Å²) >= 11 is 0. The first-order chi connectivity index (χ1) is 43.1. The van der Waals surface area contributed by atoms with Crippen molar-refractivity contribution in [2.75, 3.05) is 61.9 Å². The van der Waals surface area contributed by atoms with Gasteiger partial charge in [0.05, 0.1) is 7.11 Å². The van der Waals surface area contributed by atoms with Gasteiger partial charge in [-0.15, -0.1) is 0 Å². The van der Waals surface area contributed by atoms with Gasteiger partial charge in [0.15, 0.2) is 5.82 Å². The molecule has 0 atom stereocenters. The van der Waals surface area contributed by atoms with E-state index in [-0.39, 0.29) is 28.8 Å². The molecule has 522 valence electrons. The molecule has 0 saturated carbocycles. The van der Waals surface area contributed by atoms with Crippen molar-refractivity contribution in [2.45, 2.75) is 216 Å². The molecule has 0 aliphatic heterocycles. The molecule has 6 rings (SSSR count). The molecule has 0 unspecified atom stereocenters. The van der Waals surface area contributed by atoms with Crippen LogP contribution in [0.2, 0.25) is 0 Å². The number of carbonyl (C=O) groups excluding carboxylic acids is 3. The van der Waals surface area contributed by atoms with Crippen LogP contribution < -0.4 is 10.3 Å². The van der Waals surface area contributed by atoms with Gasteiger partial charge >= 0.3 is 0 Å². The van der Waals surface area contributed by atoms with Crippen LogP contribution in [-0.2, 0) is 16.8 Å². The molecule has 92 heavy (non-hydrogen) atoms. The smallest absolute Gasteiger partial charge is 0.271 e. The van der Waals surface area contributed by atoms with Crippen LogP contribution in [0.15, 0.2) is 101 Å². The van der Waals surface area contributed by atoms with Crippen molar-refractivity contribution < 1.29 is 23.3 Å². The Labute approximate surface area is 561 Å². The first kappa shape index (κ1) is 95.9. The third-order valence-electron chi connectivity index (χ3n) is 11.8. The lowest BCUT2D eigenvalue weighted by atomic mass is 10.0. The second-order valence-electron chi connectivity index (χ2n) is 22.0. The lowest BCUT2D eigenvalue weighted by molar-refractivity contribution is 0.0815. The standard InChI is InChI=1S/2C12H18N2O2.C11H16N2O.C10H16N2OS.C9H13N.C8H12N2.6C2H6/c1-8(2)9-6-10(12(15)14(3)4)11(16-5)13-7-9;1-8(2)9-6-10(11(15)13(3)4)12(16)14(5)7-9;1-8(2)9-5-6-10(12-7-9)11(14)13(3)4;1-8(2)9-5-6-10(11-7-9)12-14(3,4)13;1-7(2)9-5-4-8(3)10-6-9;1-6(2)8-4-9-7(3)10-5-8;6*1-2/h2*6-8H,1-5H3;2*5-8H,1-4H3;4-7H,1-3H3;4-6H,1-3H3;6*1-2H3. The van der Waals surface area contributed by atoms with E-state index in [2.05, 4.69) is 116 Å². The summed E-state index contributed by atoms with van der Waals surface area (Å²) in [5, 5.41) is 0. The minimum Gasteiger partial charge on any atom is -0.480 e. The van der Waals surface area contributed by atoms with E-state index in [9.17, 15) is 23.4 Å². The SMILES string of the molecule is CC.CC.CC.CC.CC.CC.CC(C)c1cc(C(=O)N(C)C)c(=O)n(C)c1.CC(C)c1ccc(C(=O)N(C)C)nc1.CC(C)c1ccc(N=S(C)(C)=O)nc1.COc1ncc(C(C)C)cc1C(=O)N(C)C.Cc1ccc(C(C)C)cn1.Cc1ncc(C(C)C)cn1. The van der Waals surface area contributed by atoms with Crippen LogP contribution >= 0.6 is 0 Å². The molecule has 6 heterocycles. The summed E-state index contributed by atoms with van der Waals surface area (Å²) < 4.78 is 21.9. The summed E-state index contributed by atoms with van der Waals surface area (Å²) in [4.78, 5) is 76.3. The zero-order valence-electron chi connectivity index (χ0n) is 64.4. The van der Waals surface area contributed by atoms with E-state index in [4.69, 9.17) is 4.74 Å². The average Bonchev–Trinajstić information content (AvgIpc) is 1.65. The third kappa shape index (κ3) is 40.6. The van der Waals surface area contributed by atoms with Crippen LogP contribution in [0.5, 0.6) is 5.88 Å². The molecular formula is C74H129N11O6S. The Hall–Kier alpha value is -7.21. The van der Waals surface area contributed by atoms with Crippen molar-refractivity contribution in [3.8, 4) is 5.88 Å². The predicted molar refractivity (Wildman–Crippen MR) is 395 cm³/mol. The minimum atomic E-state index is -2.10. The van der Waals surface area contributed by atoms with E-state index in [0.29, 0.717) is 58.5 Å². The Bertz CT molecular complexity index is 2980. The Balaban J connectivity index is -0.000000234. The molecule has 3 amide bonds. The number of ether oxygens (including phenoxy) is 1. The first-order valence-electron chi connectivity index (χ1n) is 32.8. The maximum absolute atomic E-state index is 11.9. The maximum atomic E-state index is 11.9. The summed E-state index contributed by atoms with van der Waals surface area (Å²) in [6.45, 7) is 53.1. The molecule has 17 nitrogen and oxygen atoms in total. The molecule has 6 aromatic heterocycles. The third-order valence-corrected chi connectivity index (χ3v) is 12.4. The largest absolute Gasteiger partial charge is 0.480 e. The highest BCUT2D eigenvalue weighted by molar-refractivity contribution is 7.92. The Morgan fingerprint density at radius 3 is 1.13 bits per heavy atom. The normalized spacial score (nSPS) is 9.67. The van der Waals surface area contributed by atoms with Crippen LogP contribution in [0, 0.1) is 13.8 Å². The second kappa shape index (κ2) is 54.4. The summed E-state index contributed by atoms with van der Waals surface area (Å²) in [6.07, 6.45) is 16.0. The lowest BCUT2D eigenvalue weighted by Crippen LogP contribution is -2.31. The molecule has 0 aliphatic rings. The molecule has 0 spiro atoms. The van der Waals surface area contributed by atoms with Gasteiger partial charge < -0.3 is 24.0 Å². The number of hydrogen-bond donors (Lipinski definition) is 0. The summed E-state index contributed by atoms with van der Waals surface area (Å²) in [5.74, 6) is 4.03. The number of carbonyl (C=O) groups is 3. The highest BCUT2D eigenvalue weighted by Gasteiger charge is 2.18. The van der Waals surface area contributed by atoms with Crippen LogP contribution in [0.3, 0.4) is 0 Å². The van der Waals surface area contributed by atoms with Crippen molar-refractivity contribution in [2.24, 2.45) is 11.4 Å². The fourth-order valence-corrected chi connectivity index (χ4v) is 6.99. The van der Waals surface area contributed by atoms with Gasteiger partial charge in [0.1, 0.15) is 22.6 Å². The van der Waals surface area contributed by atoms with Gasteiger partial charge in [0, 0.05) is 121 Å². The van der Waals surface area contributed by atoms with Gasteiger partial charge in [-0.3, -0.25) is 29.1 Å². The van der Waals surface area contributed by atoms with Gasteiger partial charge in [-0.25, -0.2) is 24.1 Å². The number of pyridine rings is 5. The lowest BCUT2D eigenvalue weighted by Gasteiger charge is -2.14. The highest BCUT2D eigenvalue weighted by Crippen LogP contribution is 2.23. The van der Waals surface area contributed by atoms with E-state index in [0.717, 1.165) is 28.2 Å².